The molecule has 5 heteroatoms. The summed E-state index contributed by atoms with van der Waals surface area (Å²) in [4.78, 5) is 4.17. The Labute approximate surface area is 105 Å². The van der Waals surface area contributed by atoms with E-state index in [0.29, 0.717) is 5.84 Å². The van der Waals surface area contributed by atoms with Crippen LogP contribution in [0.5, 0.6) is 0 Å². The number of hydrogen-bond acceptors (Lipinski definition) is 1. The number of nitrogens with zero attached hydrogens (tertiary/aromatic N) is 1. The van der Waals surface area contributed by atoms with Crippen molar-refractivity contribution in [2.24, 2.45) is 10.7 Å². The van der Waals surface area contributed by atoms with Gasteiger partial charge in [-0.3, -0.25) is 0 Å². The van der Waals surface area contributed by atoms with Crippen LogP contribution in [0.25, 0.3) is 0 Å². The van der Waals surface area contributed by atoms with Crippen LogP contribution >= 0.6 is 43.5 Å². The first kappa shape index (κ1) is 12.0. The first-order chi connectivity index (χ1) is 6.56. The number of rotatable bonds is 2. The molecule has 0 heterocycles. The number of amidine groups is 1. The Bertz CT molecular complexity index is 377. The molecule has 0 radical (unpaired) electrons. The molecule has 0 bridgehead atoms. The lowest BCUT2D eigenvalue weighted by molar-refractivity contribution is 1.35. The monoisotopic (exact) mass is 338 g/mol. The molecule has 2 N–H and O–H groups in total. The van der Waals surface area contributed by atoms with E-state index in [1.165, 1.54) is 0 Å². The van der Waals surface area contributed by atoms with Crippen LogP contribution in [0.3, 0.4) is 0 Å². The van der Waals surface area contributed by atoms with Crippen molar-refractivity contribution in [3.8, 4) is 0 Å². The van der Waals surface area contributed by atoms with Gasteiger partial charge in [0.1, 0.15) is 5.84 Å². The highest BCUT2D eigenvalue weighted by molar-refractivity contribution is 9.11. The molecule has 0 unspecified atom stereocenters. The molecule has 0 fully saturated rings. The summed E-state index contributed by atoms with van der Waals surface area (Å²) >= 11 is 12.4. The summed E-state index contributed by atoms with van der Waals surface area (Å²) in [6.07, 6.45) is 0. The largest absolute Gasteiger partial charge is 0.386 e. The third-order valence-corrected chi connectivity index (χ3v) is 3.83. The normalized spacial score (nSPS) is 11.9. The number of halogens is 3. The first-order valence-electron chi connectivity index (χ1n) is 3.90. The van der Waals surface area contributed by atoms with Gasteiger partial charge in [0, 0.05) is 8.95 Å². The van der Waals surface area contributed by atoms with Crippen molar-refractivity contribution in [3.63, 3.8) is 0 Å². The third kappa shape index (κ3) is 2.72. The minimum Gasteiger partial charge on any atom is -0.386 e. The van der Waals surface area contributed by atoms with E-state index < -0.39 is 0 Å². The Hall–Kier alpha value is -0.0600. The van der Waals surface area contributed by atoms with Gasteiger partial charge in [0.15, 0.2) is 0 Å². The Morgan fingerprint density at radius 2 is 2.14 bits per heavy atom. The van der Waals surface area contributed by atoms with Gasteiger partial charge in [-0.15, -0.1) is 11.6 Å². The summed E-state index contributed by atoms with van der Waals surface area (Å²) < 4.78 is 1.97. The summed E-state index contributed by atoms with van der Waals surface area (Å²) in [5, 5.41) is 0. The molecule has 0 spiro atoms. The van der Waals surface area contributed by atoms with Crippen molar-refractivity contribution < 1.29 is 0 Å². The summed E-state index contributed by atoms with van der Waals surface area (Å²) in [7, 11) is 0. The highest BCUT2D eigenvalue weighted by Crippen LogP contribution is 2.33. The van der Waals surface area contributed by atoms with Crippen LogP contribution in [0.2, 0.25) is 0 Å². The van der Waals surface area contributed by atoms with Crippen LogP contribution in [0.4, 0.5) is 5.69 Å². The summed E-state index contributed by atoms with van der Waals surface area (Å²) in [6.45, 7) is 1.99. The standard InChI is InChI=1S/C9H9Br2ClN2/c1-5-6(10)2-3-7(9(5)11)14-8(13)4-12/h2-3H,4H2,1H3,(H2,13,14). The molecule has 1 aromatic rings. The van der Waals surface area contributed by atoms with E-state index in [2.05, 4.69) is 36.9 Å². The molecule has 0 amide bonds. The maximum atomic E-state index is 5.55. The Kier molecular flexibility index (Phi) is 4.41. The van der Waals surface area contributed by atoms with Crippen LogP contribution < -0.4 is 5.73 Å². The minimum absolute atomic E-state index is 0.238. The molecule has 0 atom stereocenters. The Morgan fingerprint density at radius 1 is 1.50 bits per heavy atom. The summed E-state index contributed by atoms with van der Waals surface area (Å²) in [5.74, 6) is 0.649. The van der Waals surface area contributed by atoms with Gasteiger partial charge in [-0.05, 0) is 40.5 Å². The molecule has 0 saturated carbocycles. The number of alkyl halides is 1. The molecule has 0 aromatic heterocycles. The van der Waals surface area contributed by atoms with Gasteiger partial charge >= 0.3 is 0 Å². The van der Waals surface area contributed by atoms with Crippen LogP contribution in [-0.2, 0) is 0 Å². The second kappa shape index (κ2) is 5.14. The molecule has 1 rings (SSSR count). The van der Waals surface area contributed by atoms with Gasteiger partial charge in [-0.1, -0.05) is 15.9 Å². The smallest absolute Gasteiger partial charge is 0.115 e. The maximum Gasteiger partial charge on any atom is 0.115 e. The molecule has 1 aromatic carbocycles. The molecular formula is C9H9Br2ClN2. The molecule has 0 aliphatic carbocycles. The van der Waals surface area contributed by atoms with Gasteiger partial charge in [-0.2, -0.15) is 0 Å². The number of nitrogens with two attached hydrogens (primary N) is 1. The predicted octanol–water partition coefficient (Wildman–Crippen LogP) is 3.75. The van der Waals surface area contributed by atoms with Crippen LogP contribution in [-0.4, -0.2) is 11.7 Å². The van der Waals surface area contributed by atoms with Gasteiger partial charge in [0.25, 0.3) is 0 Å². The van der Waals surface area contributed by atoms with Gasteiger partial charge < -0.3 is 5.73 Å². The number of hydrogen-bond donors (Lipinski definition) is 1. The fourth-order valence-electron chi connectivity index (χ4n) is 0.918. The van der Waals surface area contributed by atoms with E-state index in [4.69, 9.17) is 17.3 Å². The highest BCUT2D eigenvalue weighted by atomic mass is 79.9. The van der Waals surface area contributed by atoms with E-state index in [1.807, 2.05) is 19.1 Å². The zero-order chi connectivity index (χ0) is 10.7. The molecule has 76 valence electrons. The van der Waals surface area contributed by atoms with E-state index in [1.54, 1.807) is 0 Å². The summed E-state index contributed by atoms with van der Waals surface area (Å²) in [6, 6.07) is 3.81. The quantitative estimate of drug-likeness (QED) is 0.497. The fourth-order valence-corrected chi connectivity index (χ4v) is 2.01. The van der Waals surface area contributed by atoms with Crippen LogP contribution in [0.15, 0.2) is 26.1 Å². The lowest BCUT2D eigenvalue weighted by Crippen LogP contribution is -2.12. The lowest BCUT2D eigenvalue weighted by atomic mass is 10.2. The predicted molar refractivity (Wildman–Crippen MR) is 68.6 cm³/mol. The van der Waals surface area contributed by atoms with Gasteiger partial charge in [0.2, 0.25) is 0 Å². The highest BCUT2D eigenvalue weighted by Gasteiger charge is 2.05. The average Bonchev–Trinajstić information content (AvgIpc) is 2.19. The van der Waals surface area contributed by atoms with Crippen LogP contribution in [0.1, 0.15) is 5.56 Å². The second-order valence-corrected chi connectivity index (χ2v) is 4.66. The SMILES string of the molecule is Cc1c(Br)ccc(N=C(N)CCl)c1Br. The second-order valence-electron chi connectivity index (χ2n) is 2.74. The van der Waals surface area contributed by atoms with Crippen molar-refractivity contribution >= 4 is 55.0 Å². The van der Waals surface area contributed by atoms with E-state index in [9.17, 15) is 0 Å². The fraction of sp³-hybridized carbons (Fsp3) is 0.222. The molecular weight excluding hydrogens is 331 g/mol. The third-order valence-electron chi connectivity index (χ3n) is 1.70. The van der Waals surface area contributed by atoms with E-state index in [-0.39, 0.29) is 5.88 Å². The zero-order valence-electron chi connectivity index (χ0n) is 7.52. The zero-order valence-corrected chi connectivity index (χ0v) is 11.4. The van der Waals surface area contributed by atoms with Gasteiger partial charge in [0.05, 0.1) is 11.6 Å². The Morgan fingerprint density at radius 3 is 2.71 bits per heavy atom. The van der Waals surface area contributed by atoms with Crippen molar-refractivity contribution in [1.29, 1.82) is 0 Å². The Balaban J connectivity index is 3.18. The van der Waals surface area contributed by atoms with Gasteiger partial charge in [-0.25, -0.2) is 4.99 Å². The van der Waals surface area contributed by atoms with Crippen molar-refractivity contribution in [2.75, 3.05) is 5.88 Å². The van der Waals surface area contributed by atoms with Crippen molar-refractivity contribution in [1.82, 2.24) is 0 Å². The van der Waals surface area contributed by atoms with Crippen molar-refractivity contribution in [2.45, 2.75) is 6.92 Å². The molecule has 14 heavy (non-hydrogen) atoms. The molecule has 0 aliphatic heterocycles. The lowest BCUT2D eigenvalue weighted by Gasteiger charge is -2.05. The van der Waals surface area contributed by atoms with E-state index >= 15 is 0 Å². The van der Waals surface area contributed by atoms with Crippen molar-refractivity contribution in [3.05, 3.63) is 26.6 Å². The number of benzene rings is 1. The molecule has 0 saturated heterocycles. The average molecular weight is 340 g/mol. The maximum absolute atomic E-state index is 5.55. The molecule has 0 aliphatic rings. The van der Waals surface area contributed by atoms with E-state index in [0.717, 1.165) is 20.2 Å². The molecule has 2 nitrogen and oxygen atoms in total. The first-order valence-corrected chi connectivity index (χ1v) is 6.02. The number of aliphatic imine (C=N–C) groups is 1. The topological polar surface area (TPSA) is 38.4 Å². The van der Waals surface area contributed by atoms with Crippen LogP contribution in [0, 0.1) is 6.92 Å². The minimum atomic E-state index is 0.238. The summed E-state index contributed by atoms with van der Waals surface area (Å²) in [5.41, 5.74) is 7.43.